The van der Waals surface area contributed by atoms with E-state index >= 15 is 0 Å². The van der Waals surface area contributed by atoms with Crippen molar-refractivity contribution >= 4 is 5.97 Å². The molecule has 0 unspecified atom stereocenters. The molecule has 0 heterocycles. The van der Waals surface area contributed by atoms with Gasteiger partial charge in [0.05, 0.1) is 21.3 Å². The van der Waals surface area contributed by atoms with Crippen LogP contribution in [0.15, 0.2) is 18.2 Å². The minimum absolute atomic E-state index is 0.0394. The highest BCUT2D eigenvalue weighted by Crippen LogP contribution is 2.26. The molecular weight excluding hydrogens is 220 g/mol. The zero-order valence-electron chi connectivity index (χ0n) is 10.1. The van der Waals surface area contributed by atoms with E-state index in [1.807, 2.05) is 6.07 Å². The van der Waals surface area contributed by atoms with Crippen LogP contribution in [-0.4, -0.2) is 27.3 Å². The molecule has 0 fully saturated rings. The molecule has 0 atom stereocenters. The smallest absolute Gasteiger partial charge is 0.317 e. The van der Waals surface area contributed by atoms with Crippen molar-refractivity contribution in [3.63, 3.8) is 0 Å². The van der Waals surface area contributed by atoms with E-state index in [0.717, 1.165) is 0 Å². The second-order valence-electron chi connectivity index (χ2n) is 3.09. The molecule has 4 heteroatoms. The summed E-state index contributed by atoms with van der Waals surface area (Å²) in [6.45, 7) is 0. The summed E-state index contributed by atoms with van der Waals surface area (Å²) < 4.78 is 14.8. The van der Waals surface area contributed by atoms with E-state index in [9.17, 15) is 4.79 Å². The number of rotatable bonds is 3. The zero-order chi connectivity index (χ0) is 12.7. The summed E-state index contributed by atoms with van der Waals surface area (Å²) in [4.78, 5) is 10.9. The highest BCUT2D eigenvalue weighted by molar-refractivity contribution is 5.72. The number of hydrogen-bond acceptors (Lipinski definition) is 4. The SMILES string of the molecule is COC(=O)CC#Cc1c(OC)cccc1OC. The maximum atomic E-state index is 10.9. The summed E-state index contributed by atoms with van der Waals surface area (Å²) in [7, 11) is 4.44. The fourth-order valence-electron chi connectivity index (χ4n) is 1.25. The van der Waals surface area contributed by atoms with Crippen LogP contribution in [0.4, 0.5) is 0 Å². The summed E-state index contributed by atoms with van der Waals surface area (Å²) in [5.41, 5.74) is 0.626. The third-order valence-electron chi connectivity index (χ3n) is 2.10. The molecule has 0 aromatic heterocycles. The minimum Gasteiger partial charge on any atom is -0.495 e. The van der Waals surface area contributed by atoms with Crippen molar-refractivity contribution in [3.05, 3.63) is 23.8 Å². The Morgan fingerprint density at radius 1 is 1.18 bits per heavy atom. The monoisotopic (exact) mass is 234 g/mol. The van der Waals surface area contributed by atoms with Crippen LogP contribution >= 0.6 is 0 Å². The van der Waals surface area contributed by atoms with Gasteiger partial charge in [0.2, 0.25) is 0 Å². The first-order chi connectivity index (χ1) is 8.22. The molecule has 0 aliphatic carbocycles. The molecule has 1 aromatic rings. The predicted octanol–water partition coefficient (Wildman–Crippen LogP) is 1.62. The number of hydrogen-bond donors (Lipinski definition) is 0. The molecule has 0 saturated carbocycles. The van der Waals surface area contributed by atoms with E-state index in [1.165, 1.54) is 7.11 Å². The second-order valence-corrected chi connectivity index (χ2v) is 3.09. The lowest BCUT2D eigenvalue weighted by Crippen LogP contribution is -1.97. The van der Waals surface area contributed by atoms with Gasteiger partial charge < -0.3 is 14.2 Å². The molecule has 4 nitrogen and oxygen atoms in total. The average Bonchev–Trinajstić information content (AvgIpc) is 2.38. The Hall–Kier alpha value is -2.15. The van der Waals surface area contributed by atoms with Crippen molar-refractivity contribution in [2.45, 2.75) is 6.42 Å². The van der Waals surface area contributed by atoms with Gasteiger partial charge in [-0.25, -0.2) is 0 Å². The topological polar surface area (TPSA) is 44.8 Å². The highest BCUT2D eigenvalue weighted by atomic mass is 16.5. The van der Waals surface area contributed by atoms with Gasteiger partial charge in [-0.05, 0) is 12.1 Å². The lowest BCUT2D eigenvalue weighted by molar-refractivity contribution is -0.139. The predicted molar refractivity (Wildman–Crippen MR) is 63.1 cm³/mol. The van der Waals surface area contributed by atoms with E-state index in [1.54, 1.807) is 26.4 Å². The Bertz CT molecular complexity index is 432. The van der Waals surface area contributed by atoms with Gasteiger partial charge >= 0.3 is 5.97 Å². The Kier molecular flexibility index (Phi) is 4.89. The van der Waals surface area contributed by atoms with E-state index in [2.05, 4.69) is 16.6 Å². The Morgan fingerprint density at radius 2 is 1.76 bits per heavy atom. The largest absolute Gasteiger partial charge is 0.495 e. The number of carbonyl (C=O) groups excluding carboxylic acids is 1. The van der Waals surface area contributed by atoms with Crippen molar-refractivity contribution in [2.24, 2.45) is 0 Å². The summed E-state index contributed by atoms with van der Waals surface area (Å²) in [6, 6.07) is 5.37. The molecule has 0 radical (unpaired) electrons. The van der Waals surface area contributed by atoms with Gasteiger partial charge in [-0.2, -0.15) is 0 Å². The third-order valence-corrected chi connectivity index (χ3v) is 2.10. The second kappa shape index (κ2) is 6.44. The van der Waals surface area contributed by atoms with Crippen LogP contribution in [-0.2, 0) is 9.53 Å². The van der Waals surface area contributed by atoms with Crippen molar-refractivity contribution in [1.82, 2.24) is 0 Å². The van der Waals surface area contributed by atoms with Crippen molar-refractivity contribution in [1.29, 1.82) is 0 Å². The number of benzene rings is 1. The quantitative estimate of drug-likeness (QED) is 0.589. The number of ether oxygens (including phenoxy) is 3. The zero-order valence-corrected chi connectivity index (χ0v) is 10.1. The van der Waals surface area contributed by atoms with Gasteiger partial charge in [0.25, 0.3) is 0 Å². The lowest BCUT2D eigenvalue weighted by Gasteiger charge is -2.07. The first-order valence-corrected chi connectivity index (χ1v) is 4.99. The maximum absolute atomic E-state index is 10.9. The molecule has 0 aliphatic heterocycles. The van der Waals surface area contributed by atoms with Gasteiger partial charge in [0.15, 0.2) is 0 Å². The van der Waals surface area contributed by atoms with Gasteiger partial charge in [0, 0.05) is 0 Å². The Morgan fingerprint density at radius 3 is 2.24 bits per heavy atom. The van der Waals surface area contributed by atoms with Crippen LogP contribution < -0.4 is 9.47 Å². The first-order valence-electron chi connectivity index (χ1n) is 4.99. The normalized spacial score (nSPS) is 8.88. The number of carbonyl (C=O) groups is 1. The van der Waals surface area contributed by atoms with Gasteiger partial charge in [-0.1, -0.05) is 17.9 Å². The molecule has 1 aromatic carbocycles. The van der Waals surface area contributed by atoms with Crippen molar-refractivity contribution in [3.8, 4) is 23.3 Å². The molecule has 1 rings (SSSR count). The third kappa shape index (κ3) is 3.42. The molecule has 0 N–H and O–H groups in total. The summed E-state index contributed by atoms with van der Waals surface area (Å²) in [5.74, 6) is 6.42. The van der Waals surface area contributed by atoms with Crippen LogP contribution in [0, 0.1) is 11.8 Å². The van der Waals surface area contributed by atoms with Crippen LogP contribution in [0.25, 0.3) is 0 Å². The van der Waals surface area contributed by atoms with Crippen LogP contribution in [0.1, 0.15) is 12.0 Å². The van der Waals surface area contributed by atoms with Crippen LogP contribution in [0.5, 0.6) is 11.5 Å². The average molecular weight is 234 g/mol. The molecule has 0 saturated heterocycles. The maximum Gasteiger partial charge on any atom is 0.317 e. The molecule has 0 bridgehead atoms. The van der Waals surface area contributed by atoms with E-state index in [4.69, 9.17) is 9.47 Å². The summed E-state index contributed by atoms with van der Waals surface area (Å²) in [6.07, 6.45) is 0.0394. The van der Waals surface area contributed by atoms with Gasteiger partial charge in [-0.15, -0.1) is 0 Å². The van der Waals surface area contributed by atoms with Gasteiger partial charge in [-0.3, -0.25) is 4.79 Å². The van der Waals surface area contributed by atoms with Crippen molar-refractivity contribution < 1.29 is 19.0 Å². The van der Waals surface area contributed by atoms with Crippen LogP contribution in [0.3, 0.4) is 0 Å². The standard InChI is InChI=1S/C13H14O4/c1-15-11-7-5-8-12(16-2)10(11)6-4-9-13(14)17-3/h5,7-8H,9H2,1-3H3. The molecule has 0 aliphatic rings. The van der Waals surface area contributed by atoms with Crippen molar-refractivity contribution in [2.75, 3.05) is 21.3 Å². The number of methoxy groups -OCH3 is 3. The van der Waals surface area contributed by atoms with Crippen LogP contribution in [0.2, 0.25) is 0 Å². The van der Waals surface area contributed by atoms with Gasteiger partial charge in [0.1, 0.15) is 23.5 Å². The molecular formula is C13H14O4. The Balaban J connectivity index is 2.98. The van der Waals surface area contributed by atoms with E-state index < -0.39 is 0 Å². The summed E-state index contributed by atoms with van der Waals surface area (Å²) in [5, 5.41) is 0. The Labute approximate surface area is 100 Å². The van der Waals surface area contributed by atoms with E-state index in [0.29, 0.717) is 17.1 Å². The lowest BCUT2D eigenvalue weighted by atomic mass is 10.1. The summed E-state index contributed by atoms with van der Waals surface area (Å²) >= 11 is 0. The fraction of sp³-hybridized carbons (Fsp3) is 0.308. The molecule has 0 amide bonds. The molecule has 17 heavy (non-hydrogen) atoms. The number of esters is 1. The molecule has 90 valence electrons. The van der Waals surface area contributed by atoms with E-state index in [-0.39, 0.29) is 12.4 Å². The minimum atomic E-state index is -0.369. The highest BCUT2D eigenvalue weighted by Gasteiger charge is 2.06. The first kappa shape index (κ1) is 12.9. The molecule has 0 spiro atoms. The fourth-order valence-corrected chi connectivity index (χ4v) is 1.25.